The van der Waals surface area contributed by atoms with Gasteiger partial charge >= 0.3 is 6.09 Å². The van der Waals surface area contributed by atoms with E-state index in [1.807, 2.05) is 46.8 Å². The number of piperazine rings is 1. The molecular weight excluding hydrogens is 386 g/mol. The normalized spacial score (nSPS) is 15.2. The molecule has 1 saturated heterocycles. The molecule has 1 amide bonds. The molecule has 0 aliphatic carbocycles. The quantitative estimate of drug-likeness (QED) is 0.699. The Bertz CT molecular complexity index is 527. The second-order valence-electron chi connectivity index (χ2n) is 6.47. The van der Waals surface area contributed by atoms with Crippen molar-refractivity contribution in [1.82, 2.24) is 14.8 Å². The molecule has 1 aliphatic rings. The zero-order valence-corrected chi connectivity index (χ0v) is 17.5. The summed E-state index contributed by atoms with van der Waals surface area (Å²) in [5, 5.41) is 0. The van der Waals surface area contributed by atoms with Gasteiger partial charge in [-0.3, -0.25) is 4.90 Å². The molecule has 142 valence electrons. The van der Waals surface area contributed by atoms with Crippen molar-refractivity contribution in [3.63, 3.8) is 0 Å². The number of hydrogen-bond acceptors (Lipinski definition) is 5. The van der Waals surface area contributed by atoms with Gasteiger partial charge < -0.3 is 14.4 Å². The number of aromatic nitrogens is 1. The molecule has 0 atom stereocenters. The van der Waals surface area contributed by atoms with Crippen LogP contribution in [0.15, 0.2) is 22.9 Å². The first-order valence-corrected chi connectivity index (χ1v) is 9.57. The summed E-state index contributed by atoms with van der Waals surface area (Å²) in [6, 6.07) is 3.69. The molecule has 6 nitrogen and oxygen atoms in total. The van der Waals surface area contributed by atoms with Crippen molar-refractivity contribution in [3.05, 3.63) is 22.9 Å². The van der Waals surface area contributed by atoms with Crippen LogP contribution < -0.4 is 4.74 Å². The lowest BCUT2D eigenvalue weighted by atomic mass is 10.2. The van der Waals surface area contributed by atoms with Gasteiger partial charge in [-0.2, -0.15) is 0 Å². The number of nitrogens with zero attached hydrogens (tertiary/aromatic N) is 3. The summed E-state index contributed by atoms with van der Waals surface area (Å²) in [6.45, 7) is 14.2. The Morgan fingerprint density at radius 2 is 1.88 bits per heavy atom. The first-order chi connectivity index (χ1) is 11.8. The van der Waals surface area contributed by atoms with Crippen LogP contribution in [0.1, 0.15) is 34.6 Å². The van der Waals surface area contributed by atoms with E-state index in [2.05, 4.69) is 25.8 Å². The maximum absolute atomic E-state index is 12.0. The summed E-state index contributed by atoms with van der Waals surface area (Å²) in [5.41, 5.74) is -0.444. The third-order valence-corrected chi connectivity index (χ3v) is 3.83. The summed E-state index contributed by atoms with van der Waals surface area (Å²) >= 11 is 3.32. The van der Waals surface area contributed by atoms with E-state index in [0.29, 0.717) is 19.7 Å². The molecular formula is C18H30BrN3O3. The minimum Gasteiger partial charge on any atom is -0.492 e. The molecule has 0 spiro atoms. The zero-order chi connectivity index (χ0) is 18.9. The number of carbonyl (C=O) groups is 1. The SMILES string of the molecule is CC.CC(C)(C)OC(=O)N1CCN(CCOc2ccnc(Br)c2)CC1. The molecule has 1 aromatic rings. The Morgan fingerprint density at radius 3 is 2.44 bits per heavy atom. The minimum absolute atomic E-state index is 0.227. The molecule has 2 heterocycles. The lowest BCUT2D eigenvalue weighted by Crippen LogP contribution is -2.50. The van der Waals surface area contributed by atoms with E-state index >= 15 is 0 Å². The summed E-state index contributed by atoms with van der Waals surface area (Å²) in [7, 11) is 0. The van der Waals surface area contributed by atoms with Crippen molar-refractivity contribution in [1.29, 1.82) is 0 Å². The molecule has 0 bridgehead atoms. The largest absolute Gasteiger partial charge is 0.492 e. The van der Waals surface area contributed by atoms with Gasteiger partial charge in [0.15, 0.2) is 0 Å². The lowest BCUT2D eigenvalue weighted by Gasteiger charge is -2.35. The van der Waals surface area contributed by atoms with Gasteiger partial charge in [-0.25, -0.2) is 9.78 Å². The van der Waals surface area contributed by atoms with Crippen LogP contribution in [0.25, 0.3) is 0 Å². The monoisotopic (exact) mass is 415 g/mol. The van der Waals surface area contributed by atoms with Gasteiger partial charge in [-0.15, -0.1) is 0 Å². The fourth-order valence-electron chi connectivity index (χ4n) is 2.25. The number of carbonyl (C=O) groups excluding carboxylic acids is 1. The maximum Gasteiger partial charge on any atom is 0.410 e. The van der Waals surface area contributed by atoms with Crippen molar-refractivity contribution in [2.45, 2.75) is 40.2 Å². The smallest absolute Gasteiger partial charge is 0.410 e. The third-order valence-electron chi connectivity index (χ3n) is 3.40. The predicted molar refractivity (Wildman–Crippen MR) is 103 cm³/mol. The fourth-order valence-corrected chi connectivity index (χ4v) is 2.59. The van der Waals surface area contributed by atoms with E-state index in [9.17, 15) is 4.79 Å². The predicted octanol–water partition coefficient (Wildman–Crippen LogP) is 3.80. The lowest BCUT2D eigenvalue weighted by molar-refractivity contribution is 0.0137. The molecule has 7 heteroatoms. The Balaban J connectivity index is 0.00000151. The highest BCUT2D eigenvalue weighted by molar-refractivity contribution is 9.10. The number of pyridine rings is 1. The molecule has 2 rings (SSSR count). The number of hydrogen-bond donors (Lipinski definition) is 0. The van der Waals surface area contributed by atoms with E-state index < -0.39 is 5.60 Å². The molecule has 1 aliphatic heterocycles. The summed E-state index contributed by atoms with van der Waals surface area (Å²) < 4.78 is 11.9. The molecule has 0 unspecified atom stereocenters. The van der Waals surface area contributed by atoms with Gasteiger partial charge in [0.25, 0.3) is 0 Å². The van der Waals surface area contributed by atoms with E-state index in [4.69, 9.17) is 9.47 Å². The molecule has 0 aromatic carbocycles. The molecule has 0 radical (unpaired) electrons. The van der Waals surface area contributed by atoms with Crippen LogP contribution in [0, 0.1) is 0 Å². The average Bonchev–Trinajstić information content (AvgIpc) is 2.56. The van der Waals surface area contributed by atoms with Crippen molar-refractivity contribution in [2.24, 2.45) is 0 Å². The molecule has 0 N–H and O–H groups in total. The highest BCUT2D eigenvalue weighted by atomic mass is 79.9. The number of rotatable bonds is 4. The van der Waals surface area contributed by atoms with Gasteiger partial charge in [-0.05, 0) is 42.8 Å². The van der Waals surface area contributed by atoms with Gasteiger partial charge in [0.1, 0.15) is 22.6 Å². The van der Waals surface area contributed by atoms with Gasteiger partial charge in [0.2, 0.25) is 0 Å². The highest BCUT2D eigenvalue weighted by Gasteiger charge is 2.25. The minimum atomic E-state index is -0.444. The van der Waals surface area contributed by atoms with Gasteiger partial charge in [0, 0.05) is 45.0 Å². The standard InChI is InChI=1S/C16H24BrN3O3.C2H6/c1-16(2,3)23-15(21)20-8-6-19(7-9-20)10-11-22-13-4-5-18-14(17)12-13;1-2/h4-5,12H,6-11H2,1-3H3;1-2H3. The molecule has 0 saturated carbocycles. The first kappa shape index (κ1) is 21.7. The second-order valence-corrected chi connectivity index (χ2v) is 7.28. The number of halogens is 1. The van der Waals surface area contributed by atoms with Crippen LogP contribution in [-0.4, -0.2) is 65.8 Å². The highest BCUT2D eigenvalue weighted by Crippen LogP contribution is 2.15. The van der Waals surface area contributed by atoms with E-state index in [-0.39, 0.29) is 6.09 Å². The zero-order valence-electron chi connectivity index (χ0n) is 15.9. The van der Waals surface area contributed by atoms with Crippen molar-refractivity contribution in [2.75, 3.05) is 39.3 Å². The fraction of sp³-hybridized carbons (Fsp3) is 0.667. The third kappa shape index (κ3) is 8.54. The van der Waals surface area contributed by atoms with Crippen LogP contribution >= 0.6 is 15.9 Å². The van der Waals surface area contributed by atoms with Crippen LogP contribution in [0.5, 0.6) is 5.75 Å². The van der Waals surface area contributed by atoms with Crippen LogP contribution in [0.4, 0.5) is 4.79 Å². The Morgan fingerprint density at radius 1 is 1.24 bits per heavy atom. The summed E-state index contributed by atoms with van der Waals surface area (Å²) in [5.74, 6) is 0.805. The van der Waals surface area contributed by atoms with E-state index in [1.165, 1.54) is 0 Å². The maximum atomic E-state index is 12.0. The number of amides is 1. The van der Waals surface area contributed by atoms with E-state index in [1.54, 1.807) is 11.1 Å². The van der Waals surface area contributed by atoms with Crippen molar-refractivity contribution < 1.29 is 14.3 Å². The number of ether oxygens (including phenoxy) is 2. The first-order valence-electron chi connectivity index (χ1n) is 8.78. The molecule has 1 aromatic heterocycles. The molecule has 25 heavy (non-hydrogen) atoms. The Kier molecular flexibility index (Phi) is 9.21. The summed E-state index contributed by atoms with van der Waals surface area (Å²) in [6.07, 6.45) is 1.48. The summed E-state index contributed by atoms with van der Waals surface area (Å²) in [4.78, 5) is 20.1. The van der Waals surface area contributed by atoms with Gasteiger partial charge in [-0.1, -0.05) is 13.8 Å². The Hall–Kier alpha value is -1.34. The topological polar surface area (TPSA) is 54.9 Å². The van der Waals surface area contributed by atoms with Crippen LogP contribution in [0.3, 0.4) is 0 Å². The van der Waals surface area contributed by atoms with E-state index in [0.717, 1.165) is 30.0 Å². The van der Waals surface area contributed by atoms with Gasteiger partial charge in [0.05, 0.1) is 0 Å². The average molecular weight is 416 g/mol. The Labute approximate surface area is 159 Å². The molecule has 1 fully saturated rings. The van der Waals surface area contributed by atoms with Crippen LogP contribution in [0.2, 0.25) is 0 Å². The second kappa shape index (κ2) is 10.6. The van der Waals surface area contributed by atoms with Crippen molar-refractivity contribution >= 4 is 22.0 Å². The van der Waals surface area contributed by atoms with Crippen LogP contribution in [-0.2, 0) is 4.74 Å². The van der Waals surface area contributed by atoms with Crippen molar-refractivity contribution in [3.8, 4) is 5.75 Å².